The van der Waals surface area contributed by atoms with Crippen LogP contribution in [-0.2, 0) is 6.42 Å². The predicted octanol–water partition coefficient (Wildman–Crippen LogP) is 1.23. The molecule has 1 aromatic rings. The van der Waals surface area contributed by atoms with Crippen LogP contribution < -0.4 is 5.32 Å². The highest BCUT2D eigenvalue weighted by Crippen LogP contribution is 2.20. The number of carbonyl (C=O) groups is 1. The minimum atomic E-state index is 0.122. The number of thiazole rings is 1. The molecule has 4 nitrogen and oxygen atoms in total. The van der Waals surface area contributed by atoms with Gasteiger partial charge < -0.3 is 10.2 Å². The molecule has 0 aromatic carbocycles. The van der Waals surface area contributed by atoms with Crippen LogP contribution >= 0.6 is 11.3 Å². The zero-order valence-corrected chi connectivity index (χ0v) is 10.8. The summed E-state index contributed by atoms with van der Waals surface area (Å²) in [5, 5.41) is 4.21. The van der Waals surface area contributed by atoms with Gasteiger partial charge in [0, 0.05) is 32.6 Å². The molecule has 1 N–H and O–H groups in total. The van der Waals surface area contributed by atoms with Crippen molar-refractivity contribution in [2.75, 3.05) is 26.2 Å². The Morgan fingerprint density at radius 3 is 2.94 bits per heavy atom. The van der Waals surface area contributed by atoms with Gasteiger partial charge in [-0.3, -0.25) is 4.79 Å². The van der Waals surface area contributed by atoms with E-state index in [4.69, 9.17) is 0 Å². The van der Waals surface area contributed by atoms with E-state index in [1.54, 1.807) is 0 Å². The summed E-state index contributed by atoms with van der Waals surface area (Å²) in [6.07, 6.45) is 2.55. The van der Waals surface area contributed by atoms with Gasteiger partial charge in [-0.05, 0) is 6.92 Å². The molecule has 1 aliphatic heterocycles. The second-order valence-corrected chi connectivity index (χ2v) is 5.14. The summed E-state index contributed by atoms with van der Waals surface area (Å²) >= 11 is 1.49. The Morgan fingerprint density at radius 2 is 2.29 bits per heavy atom. The third kappa shape index (κ3) is 2.73. The Kier molecular flexibility index (Phi) is 3.91. The number of aromatic nitrogens is 1. The van der Waals surface area contributed by atoms with E-state index >= 15 is 0 Å². The van der Waals surface area contributed by atoms with E-state index in [1.165, 1.54) is 11.3 Å². The molecule has 0 bridgehead atoms. The highest BCUT2D eigenvalue weighted by molar-refractivity contribution is 7.13. The molecule has 0 saturated carbocycles. The molecule has 17 heavy (non-hydrogen) atoms. The zero-order valence-electron chi connectivity index (χ0n) is 10.0. The molecule has 2 heterocycles. The van der Waals surface area contributed by atoms with Crippen molar-refractivity contribution in [1.82, 2.24) is 15.2 Å². The van der Waals surface area contributed by atoms with Crippen molar-refractivity contribution < 1.29 is 4.79 Å². The smallest absolute Gasteiger partial charge is 0.265 e. The lowest BCUT2D eigenvalue weighted by Crippen LogP contribution is -2.46. The number of aryl methyl sites for hydroxylation is 1. The number of hydrogen-bond acceptors (Lipinski definition) is 4. The summed E-state index contributed by atoms with van der Waals surface area (Å²) in [7, 11) is 0. The summed E-state index contributed by atoms with van der Waals surface area (Å²) in [4.78, 5) is 19.4. The molecule has 92 valence electrons. The predicted molar refractivity (Wildman–Crippen MR) is 69.5 cm³/mol. The second kappa shape index (κ2) is 5.42. The fourth-order valence-electron chi connectivity index (χ4n) is 1.87. The van der Waals surface area contributed by atoms with Gasteiger partial charge in [0.2, 0.25) is 0 Å². The topological polar surface area (TPSA) is 45.2 Å². The van der Waals surface area contributed by atoms with E-state index in [9.17, 15) is 4.79 Å². The molecule has 2 rings (SSSR count). The Hall–Kier alpha value is -1.20. The normalized spacial score (nSPS) is 15.9. The number of amides is 1. The fourth-order valence-corrected chi connectivity index (χ4v) is 2.90. The summed E-state index contributed by atoms with van der Waals surface area (Å²) in [6.45, 7) is 8.92. The van der Waals surface area contributed by atoms with Gasteiger partial charge in [-0.2, -0.15) is 0 Å². The maximum absolute atomic E-state index is 12.3. The number of carbonyl (C=O) groups excluding carboxylic acids is 1. The van der Waals surface area contributed by atoms with Gasteiger partial charge in [-0.1, -0.05) is 6.08 Å². The van der Waals surface area contributed by atoms with Crippen LogP contribution in [0.15, 0.2) is 12.7 Å². The third-order valence-electron chi connectivity index (χ3n) is 2.76. The lowest BCUT2D eigenvalue weighted by Gasteiger charge is -2.27. The van der Waals surface area contributed by atoms with Crippen molar-refractivity contribution in [3.05, 3.63) is 28.2 Å². The average molecular weight is 251 g/mol. The monoisotopic (exact) mass is 251 g/mol. The lowest BCUT2D eigenvalue weighted by atomic mass is 10.3. The molecule has 0 atom stereocenters. The molecule has 0 unspecified atom stereocenters. The van der Waals surface area contributed by atoms with Gasteiger partial charge in [-0.25, -0.2) is 4.98 Å². The maximum atomic E-state index is 12.3. The van der Waals surface area contributed by atoms with Crippen LogP contribution in [0.4, 0.5) is 0 Å². The van der Waals surface area contributed by atoms with Gasteiger partial charge in [-0.15, -0.1) is 17.9 Å². The van der Waals surface area contributed by atoms with Crippen LogP contribution in [0.1, 0.15) is 20.4 Å². The van der Waals surface area contributed by atoms with Gasteiger partial charge in [0.25, 0.3) is 5.91 Å². The van der Waals surface area contributed by atoms with E-state index in [0.717, 1.165) is 48.2 Å². The van der Waals surface area contributed by atoms with E-state index in [-0.39, 0.29) is 5.91 Å². The summed E-state index contributed by atoms with van der Waals surface area (Å²) in [5.41, 5.74) is 0.843. The highest BCUT2D eigenvalue weighted by atomic mass is 32.1. The Balaban J connectivity index is 2.14. The van der Waals surface area contributed by atoms with Crippen molar-refractivity contribution in [1.29, 1.82) is 0 Å². The third-order valence-corrected chi connectivity index (χ3v) is 3.93. The zero-order chi connectivity index (χ0) is 12.3. The van der Waals surface area contributed by atoms with Crippen molar-refractivity contribution in [2.45, 2.75) is 13.3 Å². The lowest BCUT2D eigenvalue weighted by molar-refractivity contribution is 0.0740. The van der Waals surface area contributed by atoms with Crippen LogP contribution in [0.2, 0.25) is 0 Å². The van der Waals surface area contributed by atoms with Crippen molar-refractivity contribution in [3.63, 3.8) is 0 Å². The molecule has 1 aliphatic rings. The number of hydrogen-bond donors (Lipinski definition) is 1. The summed E-state index contributed by atoms with van der Waals surface area (Å²) in [6, 6.07) is 0. The first-order valence-corrected chi connectivity index (χ1v) is 6.61. The molecular weight excluding hydrogens is 234 g/mol. The van der Waals surface area contributed by atoms with Crippen LogP contribution in [0.25, 0.3) is 0 Å². The van der Waals surface area contributed by atoms with E-state index in [2.05, 4.69) is 16.9 Å². The number of rotatable bonds is 3. The van der Waals surface area contributed by atoms with Gasteiger partial charge >= 0.3 is 0 Å². The number of nitrogens with one attached hydrogen (secondary N) is 1. The Bertz CT molecular complexity index is 421. The molecule has 1 amide bonds. The van der Waals surface area contributed by atoms with E-state index < -0.39 is 0 Å². The quantitative estimate of drug-likeness (QED) is 0.822. The molecule has 0 aliphatic carbocycles. The van der Waals surface area contributed by atoms with Crippen molar-refractivity contribution in [2.24, 2.45) is 0 Å². The summed E-state index contributed by atoms with van der Waals surface area (Å²) in [5.74, 6) is 0.122. The second-order valence-electron chi connectivity index (χ2n) is 4.06. The van der Waals surface area contributed by atoms with Crippen molar-refractivity contribution in [3.8, 4) is 0 Å². The van der Waals surface area contributed by atoms with Crippen LogP contribution in [0.5, 0.6) is 0 Å². The standard InChI is InChI=1S/C12H17N3OS/c1-3-4-10-14-9(2)11(17-10)12(16)15-7-5-13-6-8-15/h3,13H,1,4-8H2,2H3. The van der Waals surface area contributed by atoms with Crippen LogP contribution in [0.3, 0.4) is 0 Å². The number of nitrogens with zero attached hydrogens (tertiary/aromatic N) is 2. The van der Waals surface area contributed by atoms with Crippen molar-refractivity contribution >= 4 is 17.2 Å². The van der Waals surface area contributed by atoms with E-state index in [0.29, 0.717) is 0 Å². The SMILES string of the molecule is C=CCc1nc(C)c(C(=O)N2CCNCC2)s1. The Labute approximate surface area is 105 Å². The molecule has 1 saturated heterocycles. The fraction of sp³-hybridized carbons (Fsp3) is 0.500. The maximum Gasteiger partial charge on any atom is 0.265 e. The van der Waals surface area contributed by atoms with Gasteiger partial charge in [0.15, 0.2) is 0 Å². The van der Waals surface area contributed by atoms with Gasteiger partial charge in [0.05, 0.1) is 10.7 Å². The first-order chi connectivity index (χ1) is 8.22. The minimum absolute atomic E-state index is 0.122. The average Bonchev–Trinajstić information content (AvgIpc) is 2.71. The molecule has 5 heteroatoms. The molecule has 0 radical (unpaired) electrons. The van der Waals surface area contributed by atoms with E-state index in [1.807, 2.05) is 17.9 Å². The first kappa shape index (κ1) is 12.3. The Morgan fingerprint density at radius 1 is 1.59 bits per heavy atom. The molecule has 1 fully saturated rings. The first-order valence-electron chi connectivity index (χ1n) is 5.79. The summed E-state index contributed by atoms with van der Waals surface area (Å²) < 4.78 is 0. The van der Waals surface area contributed by atoms with Gasteiger partial charge in [0.1, 0.15) is 4.88 Å². The molecule has 0 spiro atoms. The molecular formula is C12H17N3OS. The largest absolute Gasteiger partial charge is 0.335 e. The van der Waals surface area contributed by atoms with Crippen LogP contribution in [0, 0.1) is 6.92 Å². The highest BCUT2D eigenvalue weighted by Gasteiger charge is 2.22. The number of piperazine rings is 1. The molecule has 1 aromatic heterocycles. The minimum Gasteiger partial charge on any atom is -0.335 e. The number of allylic oxidation sites excluding steroid dienone is 1. The van der Waals surface area contributed by atoms with Crippen LogP contribution in [-0.4, -0.2) is 42.0 Å².